The Morgan fingerprint density at radius 1 is 1.17 bits per heavy atom. The predicted molar refractivity (Wildman–Crippen MR) is 78.6 cm³/mol. The Labute approximate surface area is 111 Å². The van der Waals surface area contributed by atoms with Gasteiger partial charge >= 0.3 is 0 Å². The van der Waals surface area contributed by atoms with Crippen molar-refractivity contribution in [2.75, 3.05) is 0 Å². The molecular weight excluding hydrogens is 220 g/mol. The Morgan fingerprint density at radius 3 is 2.44 bits per heavy atom. The first-order valence-corrected chi connectivity index (χ1v) is 6.60. The quantitative estimate of drug-likeness (QED) is 0.740. The average Bonchev–Trinajstić information content (AvgIpc) is 2.29. The topological polar surface area (TPSA) is 20.2 Å². The van der Waals surface area contributed by atoms with Crippen molar-refractivity contribution in [3.63, 3.8) is 0 Å². The Hall–Kier alpha value is -1.34. The Morgan fingerprint density at radius 2 is 1.83 bits per heavy atom. The minimum Gasteiger partial charge on any atom is -0.389 e. The second kappa shape index (κ2) is 7.88. The number of aliphatic hydroxyl groups is 1. The molecule has 1 unspecified atom stereocenters. The molecule has 1 N–H and O–H groups in total. The number of allylic oxidation sites excluding steroid dienone is 3. The molecule has 1 heteroatoms. The van der Waals surface area contributed by atoms with Gasteiger partial charge in [0.05, 0.1) is 6.10 Å². The first-order chi connectivity index (χ1) is 8.58. The van der Waals surface area contributed by atoms with E-state index in [4.69, 9.17) is 0 Å². The van der Waals surface area contributed by atoms with Crippen molar-refractivity contribution >= 4 is 0 Å². The van der Waals surface area contributed by atoms with Crippen LogP contribution in [0.3, 0.4) is 0 Å². The SMILES string of the molecule is CC(C)=CCCC(C)=CC(O)Cc1ccccc1. The summed E-state index contributed by atoms with van der Waals surface area (Å²) < 4.78 is 0. The van der Waals surface area contributed by atoms with Crippen molar-refractivity contribution in [2.24, 2.45) is 0 Å². The number of hydrogen-bond donors (Lipinski definition) is 1. The second-order valence-electron chi connectivity index (χ2n) is 5.09. The lowest BCUT2D eigenvalue weighted by atomic mass is 10.0. The van der Waals surface area contributed by atoms with Crippen molar-refractivity contribution in [2.45, 2.75) is 46.1 Å². The molecule has 1 atom stereocenters. The molecular formula is C17H24O. The maximum absolute atomic E-state index is 9.99. The minimum atomic E-state index is -0.376. The molecule has 0 saturated carbocycles. The van der Waals surface area contributed by atoms with Crippen molar-refractivity contribution in [3.05, 3.63) is 59.2 Å². The largest absolute Gasteiger partial charge is 0.389 e. The molecule has 0 spiro atoms. The van der Waals surface area contributed by atoms with E-state index >= 15 is 0 Å². The molecule has 0 aliphatic rings. The van der Waals surface area contributed by atoms with Gasteiger partial charge in [-0.05, 0) is 39.2 Å². The highest BCUT2D eigenvalue weighted by Gasteiger charge is 2.02. The van der Waals surface area contributed by atoms with Crippen molar-refractivity contribution in [1.29, 1.82) is 0 Å². The summed E-state index contributed by atoms with van der Waals surface area (Å²) in [6, 6.07) is 10.1. The summed E-state index contributed by atoms with van der Waals surface area (Å²) in [7, 11) is 0. The third-order valence-corrected chi connectivity index (χ3v) is 2.86. The number of aliphatic hydroxyl groups excluding tert-OH is 1. The Bertz CT molecular complexity index is 397. The van der Waals surface area contributed by atoms with Gasteiger partial charge in [0.1, 0.15) is 0 Å². The fraction of sp³-hybridized carbons (Fsp3) is 0.412. The van der Waals surface area contributed by atoms with E-state index in [1.807, 2.05) is 24.3 Å². The van der Waals surface area contributed by atoms with Gasteiger partial charge in [0.15, 0.2) is 0 Å². The molecule has 0 amide bonds. The van der Waals surface area contributed by atoms with E-state index in [1.54, 1.807) is 0 Å². The fourth-order valence-corrected chi connectivity index (χ4v) is 1.91. The molecule has 1 rings (SSSR count). The van der Waals surface area contributed by atoms with Crippen LogP contribution in [-0.2, 0) is 6.42 Å². The number of rotatable bonds is 6. The van der Waals surface area contributed by atoms with Crippen LogP contribution in [0, 0.1) is 0 Å². The van der Waals surface area contributed by atoms with Gasteiger partial charge in [-0.1, -0.05) is 53.6 Å². The van der Waals surface area contributed by atoms with E-state index in [0.29, 0.717) is 6.42 Å². The summed E-state index contributed by atoms with van der Waals surface area (Å²) in [5.41, 5.74) is 3.79. The van der Waals surface area contributed by atoms with Crippen LogP contribution in [0.25, 0.3) is 0 Å². The summed E-state index contributed by atoms with van der Waals surface area (Å²) in [4.78, 5) is 0. The zero-order valence-corrected chi connectivity index (χ0v) is 11.7. The minimum absolute atomic E-state index is 0.376. The maximum atomic E-state index is 9.99. The fourth-order valence-electron chi connectivity index (χ4n) is 1.91. The Kier molecular flexibility index (Phi) is 6.45. The first kappa shape index (κ1) is 14.7. The first-order valence-electron chi connectivity index (χ1n) is 6.60. The standard InChI is InChI=1S/C17H24O/c1-14(2)8-7-9-15(3)12-17(18)13-16-10-5-4-6-11-16/h4-6,8,10-12,17-18H,7,9,13H2,1-3H3. The van der Waals surface area contributed by atoms with E-state index in [0.717, 1.165) is 12.8 Å². The molecule has 98 valence electrons. The molecule has 0 fully saturated rings. The number of benzene rings is 1. The summed E-state index contributed by atoms with van der Waals surface area (Å²) >= 11 is 0. The highest BCUT2D eigenvalue weighted by atomic mass is 16.3. The molecule has 0 aromatic heterocycles. The van der Waals surface area contributed by atoms with E-state index < -0.39 is 0 Å². The molecule has 0 saturated heterocycles. The van der Waals surface area contributed by atoms with Crippen LogP contribution in [0.1, 0.15) is 39.2 Å². The molecule has 18 heavy (non-hydrogen) atoms. The van der Waals surface area contributed by atoms with Crippen LogP contribution >= 0.6 is 0 Å². The van der Waals surface area contributed by atoms with E-state index in [9.17, 15) is 5.11 Å². The van der Waals surface area contributed by atoms with Gasteiger partial charge in [-0.2, -0.15) is 0 Å². The van der Waals surface area contributed by atoms with Crippen LogP contribution in [0.5, 0.6) is 0 Å². The maximum Gasteiger partial charge on any atom is 0.0763 e. The monoisotopic (exact) mass is 244 g/mol. The molecule has 0 aliphatic heterocycles. The van der Waals surface area contributed by atoms with Gasteiger partial charge in [-0.3, -0.25) is 0 Å². The van der Waals surface area contributed by atoms with Gasteiger partial charge in [0, 0.05) is 6.42 Å². The zero-order chi connectivity index (χ0) is 13.4. The summed E-state index contributed by atoms with van der Waals surface area (Å²) in [5.74, 6) is 0. The smallest absolute Gasteiger partial charge is 0.0763 e. The van der Waals surface area contributed by atoms with Gasteiger partial charge in [-0.15, -0.1) is 0 Å². The molecule has 1 nitrogen and oxygen atoms in total. The lowest BCUT2D eigenvalue weighted by Gasteiger charge is -2.08. The normalized spacial score (nSPS) is 13.2. The van der Waals surface area contributed by atoms with Gasteiger partial charge in [0.2, 0.25) is 0 Å². The second-order valence-corrected chi connectivity index (χ2v) is 5.09. The summed E-state index contributed by atoms with van der Waals surface area (Å²) in [6.45, 7) is 6.32. The summed E-state index contributed by atoms with van der Waals surface area (Å²) in [6.07, 6.45) is 6.62. The predicted octanol–water partition coefficient (Wildman–Crippen LogP) is 4.28. The molecule has 0 aliphatic carbocycles. The van der Waals surface area contributed by atoms with Crippen LogP contribution < -0.4 is 0 Å². The van der Waals surface area contributed by atoms with Crippen molar-refractivity contribution < 1.29 is 5.11 Å². The van der Waals surface area contributed by atoms with E-state index in [2.05, 4.69) is 39.0 Å². The molecule has 0 radical (unpaired) electrons. The van der Waals surface area contributed by atoms with Crippen molar-refractivity contribution in [3.8, 4) is 0 Å². The van der Waals surface area contributed by atoms with Crippen molar-refractivity contribution in [1.82, 2.24) is 0 Å². The van der Waals surface area contributed by atoms with Crippen LogP contribution in [-0.4, -0.2) is 11.2 Å². The molecule has 0 heterocycles. The Balaban J connectivity index is 2.42. The average molecular weight is 244 g/mol. The van der Waals surface area contributed by atoms with Crippen LogP contribution in [0.15, 0.2) is 53.6 Å². The third kappa shape index (κ3) is 6.41. The van der Waals surface area contributed by atoms with E-state index in [1.165, 1.54) is 16.7 Å². The van der Waals surface area contributed by atoms with Gasteiger partial charge in [-0.25, -0.2) is 0 Å². The molecule has 1 aromatic rings. The lowest BCUT2D eigenvalue weighted by molar-refractivity contribution is 0.222. The number of hydrogen-bond acceptors (Lipinski definition) is 1. The summed E-state index contributed by atoms with van der Waals surface area (Å²) in [5, 5.41) is 9.99. The lowest BCUT2D eigenvalue weighted by Crippen LogP contribution is -2.07. The van der Waals surface area contributed by atoms with Gasteiger partial charge in [0.25, 0.3) is 0 Å². The molecule has 1 aromatic carbocycles. The third-order valence-electron chi connectivity index (χ3n) is 2.86. The highest BCUT2D eigenvalue weighted by molar-refractivity contribution is 5.17. The molecule has 0 bridgehead atoms. The van der Waals surface area contributed by atoms with Gasteiger partial charge < -0.3 is 5.11 Å². The zero-order valence-electron chi connectivity index (χ0n) is 11.7. The van der Waals surface area contributed by atoms with E-state index in [-0.39, 0.29) is 6.10 Å². The highest BCUT2D eigenvalue weighted by Crippen LogP contribution is 2.10. The van der Waals surface area contributed by atoms with Crippen LogP contribution in [0.4, 0.5) is 0 Å². The van der Waals surface area contributed by atoms with Crippen LogP contribution in [0.2, 0.25) is 0 Å².